The molecule has 2 heterocycles. The van der Waals surface area contributed by atoms with Crippen LogP contribution in [-0.2, 0) is 4.79 Å². The number of anilines is 2. The van der Waals surface area contributed by atoms with Gasteiger partial charge in [-0.05, 0) is 38.1 Å². The highest BCUT2D eigenvalue weighted by Crippen LogP contribution is 2.36. The molecule has 0 atom stereocenters. The molecule has 2 aromatic heterocycles. The first-order valence-corrected chi connectivity index (χ1v) is 10.7. The number of carbonyl (C=O) groups is 2. The molecule has 0 aliphatic rings. The molecule has 0 aliphatic carbocycles. The fourth-order valence-electron chi connectivity index (χ4n) is 3.46. The van der Waals surface area contributed by atoms with E-state index in [-0.39, 0.29) is 10.8 Å². The molecular formula is C25H23ClN4O3. The lowest BCUT2D eigenvalue weighted by Gasteiger charge is -2.23. The van der Waals surface area contributed by atoms with E-state index in [4.69, 9.17) is 16.3 Å². The van der Waals surface area contributed by atoms with Gasteiger partial charge in [-0.2, -0.15) is 0 Å². The summed E-state index contributed by atoms with van der Waals surface area (Å²) >= 11 is 6.48. The van der Waals surface area contributed by atoms with Gasteiger partial charge in [-0.15, -0.1) is 0 Å². The zero-order valence-corrected chi connectivity index (χ0v) is 19.2. The smallest absolute Gasteiger partial charge is 0.196 e. The summed E-state index contributed by atoms with van der Waals surface area (Å²) in [4.78, 5) is 32.5. The number of nitrogens with zero attached hydrogens (tertiary/aromatic N) is 1. The molecule has 8 heteroatoms. The lowest BCUT2D eigenvalue weighted by atomic mass is 10.0. The minimum atomic E-state index is -0.856. The molecule has 0 spiro atoms. The van der Waals surface area contributed by atoms with Gasteiger partial charge in [-0.3, -0.25) is 4.79 Å². The van der Waals surface area contributed by atoms with Crippen LogP contribution < -0.4 is 15.4 Å². The van der Waals surface area contributed by atoms with E-state index in [1.807, 2.05) is 30.3 Å². The van der Waals surface area contributed by atoms with E-state index < -0.39 is 5.54 Å². The SMILES string of the molecule is CNc1cnc2[nH]cc(C(=O)c3ccc(Oc4ccccc4)cc3Cl)c2c1NC(C)(C)C=O. The molecule has 0 amide bonds. The van der Waals surface area contributed by atoms with Crippen LogP contribution in [0.15, 0.2) is 60.9 Å². The average Bonchev–Trinajstić information content (AvgIpc) is 3.24. The second kappa shape index (κ2) is 8.96. The number of nitrogens with one attached hydrogen (secondary N) is 3. The molecule has 3 N–H and O–H groups in total. The third kappa shape index (κ3) is 4.54. The van der Waals surface area contributed by atoms with Gasteiger partial charge in [0.1, 0.15) is 23.4 Å². The molecule has 0 saturated heterocycles. The van der Waals surface area contributed by atoms with Crippen LogP contribution in [0.2, 0.25) is 5.02 Å². The Morgan fingerprint density at radius 1 is 1.12 bits per heavy atom. The maximum atomic E-state index is 13.5. The van der Waals surface area contributed by atoms with Crippen LogP contribution >= 0.6 is 11.6 Å². The molecule has 168 valence electrons. The van der Waals surface area contributed by atoms with Crippen molar-refractivity contribution in [3.63, 3.8) is 0 Å². The maximum absolute atomic E-state index is 13.5. The Morgan fingerprint density at radius 3 is 2.55 bits per heavy atom. The largest absolute Gasteiger partial charge is 0.457 e. The summed E-state index contributed by atoms with van der Waals surface area (Å²) in [5.74, 6) is 0.916. The van der Waals surface area contributed by atoms with Gasteiger partial charge in [0.2, 0.25) is 0 Å². The van der Waals surface area contributed by atoms with Crippen molar-refractivity contribution in [2.45, 2.75) is 19.4 Å². The highest BCUT2D eigenvalue weighted by Gasteiger charge is 2.25. The third-order valence-corrected chi connectivity index (χ3v) is 5.43. The van der Waals surface area contributed by atoms with Crippen molar-refractivity contribution >= 4 is 46.1 Å². The van der Waals surface area contributed by atoms with Crippen molar-refractivity contribution in [3.05, 3.63) is 77.1 Å². The zero-order chi connectivity index (χ0) is 23.6. The lowest BCUT2D eigenvalue weighted by Crippen LogP contribution is -2.33. The van der Waals surface area contributed by atoms with Crippen LogP contribution in [0, 0.1) is 0 Å². The second-order valence-corrected chi connectivity index (χ2v) is 8.48. The minimum absolute atomic E-state index is 0.267. The number of fused-ring (bicyclic) bond motifs is 1. The van der Waals surface area contributed by atoms with Crippen molar-refractivity contribution in [2.24, 2.45) is 0 Å². The van der Waals surface area contributed by atoms with E-state index in [0.717, 1.165) is 6.29 Å². The van der Waals surface area contributed by atoms with Crippen molar-refractivity contribution in [1.82, 2.24) is 9.97 Å². The maximum Gasteiger partial charge on any atom is 0.196 e. The first kappa shape index (κ1) is 22.4. The molecule has 0 saturated carbocycles. The van der Waals surface area contributed by atoms with E-state index in [9.17, 15) is 9.59 Å². The quantitative estimate of drug-likeness (QED) is 0.230. The Labute approximate surface area is 196 Å². The summed E-state index contributed by atoms with van der Waals surface area (Å²) in [6.07, 6.45) is 4.05. The van der Waals surface area contributed by atoms with Crippen LogP contribution in [-0.4, -0.2) is 34.6 Å². The molecule has 0 aliphatic heterocycles. The molecule has 7 nitrogen and oxygen atoms in total. The van der Waals surface area contributed by atoms with Crippen molar-refractivity contribution in [3.8, 4) is 11.5 Å². The number of ether oxygens (including phenoxy) is 1. The van der Waals surface area contributed by atoms with Gasteiger partial charge >= 0.3 is 0 Å². The van der Waals surface area contributed by atoms with Gasteiger partial charge in [-0.1, -0.05) is 29.8 Å². The number of hydrogen-bond acceptors (Lipinski definition) is 6. The first-order chi connectivity index (χ1) is 15.8. The fourth-order valence-corrected chi connectivity index (χ4v) is 3.72. The van der Waals surface area contributed by atoms with Crippen LogP contribution in [0.4, 0.5) is 11.4 Å². The number of hydrogen-bond donors (Lipinski definition) is 3. The zero-order valence-electron chi connectivity index (χ0n) is 18.4. The van der Waals surface area contributed by atoms with Gasteiger partial charge in [0, 0.05) is 24.9 Å². The first-order valence-electron chi connectivity index (χ1n) is 10.3. The third-order valence-electron chi connectivity index (χ3n) is 5.12. The molecule has 4 rings (SSSR count). The molecule has 0 fully saturated rings. The van der Waals surface area contributed by atoms with E-state index in [1.54, 1.807) is 51.5 Å². The number of aromatic amines is 1. The summed E-state index contributed by atoms with van der Waals surface area (Å²) in [5, 5.41) is 7.12. The number of carbonyl (C=O) groups excluding carboxylic acids is 2. The monoisotopic (exact) mass is 462 g/mol. The highest BCUT2D eigenvalue weighted by molar-refractivity contribution is 6.36. The topological polar surface area (TPSA) is 96.1 Å². The number of H-pyrrole nitrogens is 1. The molecular weight excluding hydrogens is 440 g/mol. The standard InChI is InChI=1S/C25H23ClN4O3/c1-25(2,14-31)30-22-20(27-3)13-29-24-21(22)18(12-28-24)23(32)17-10-9-16(11-19(17)26)33-15-7-5-4-6-8-15/h4-14,27H,1-3H3,(H2,28,29,30). The van der Waals surface area contributed by atoms with Gasteiger partial charge in [0.15, 0.2) is 5.78 Å². The van der Waals surface area contributed by atoms with E-state index >= 15 is 0 Å². The van der Waals surface area contributed by atoms with Gasteiger partial charge < -0.3 is 25.1 Å². The van der Waals surface area contributed by atoms with E-state index in [0.29, 0.717) is 45.0 Å². The Balaban J connectivity index is 1.75. The second-order valence-electron chi connectivity index (χ2n) is 8.07. The number of para-hydroxylation sites is 1. The van der Waals surface area contributed by atoms with Gasteiger partial charge in [0.05, 0.1) is 39.1 Å². The molecule has 0 unspecified atom stereocenters. The highest BCUT2D eigenvalue weighted by atomic mass is 35.5. The van der Waals surface area contributed by atoms with E-state index in [1.165, 1.54) is 0 Å². The number of rotatable bonds is 8. The number of aldehydes is 1. The fraction of sp³-hybridized carbons (Fsp3) is 0.160. The summed E-state index contributed by atoms with van der Waals surface area (Å²) in [7, 11) is 1.75. The molecule has 0 bridgehead atoms. The Hall–Kier alpha value is -3.84. The summed E-state index contributed by atoms with van der Waals surface area (Å²) in [6, 6.07) is 14.3. The van der Waals surface area contributed by atoms with Crippen LogP contribution in [0.3, 0.4) is 0 Å². The van der Waals surface area contributed by atoms with Crippen LogP contribution in [0.5, 0.6) is 11.5 Å². The Morgan fingerprint density at radius 2 is 1.88 bits per heavy atom. The lowest BCUT2D eigenvalue weighted by molar-refractivity contribution is -0.110. The van der Waals surface area contributed by atoms with Crippen molar-refractivity contribution < 1.29 is 14.3 Å². The number of pyridine rings is 1. The summed E-state index contributed by atoms with van der Waals surface area (Å²) in [5.41, 5.74) is 1.63. The Bertz CT molecular complexity index is 1330. The minimum Gasteiger partial charge on any atom is -0.457 e. The van der Waals surface area contributed by atoms with Crippen molar-refractivity contribution in [1.29, 1.82) is 0 Å². The normalized spacial score (nSPS) is 11.3. The molecule has 4 aromatic rings. The van der Waals surface area contributed by atoms with Gasteiger partial charge in [0.25, 0.3) is 0 Å². The number of benzene rings is 2. The predicted octanol–water partition coefficient (Wildman–Crippen LogP) is 5.67. The summed E-state index contributed by atoms with van der Waals surface area (Å²) in [6.45, 7) is 3.50. The van der Waals surface area contributed by atoms with Crippen LogP contribution in [0.1, 0.15) is 29.8 Å². The molecule has 0 radical (unpaired) electrons. The number of aromatic nitrogens is 2. The molecule has 2 aromatic carbocycles. The van der Waals surface area contributed by atoms with Gasteiger partial charge in [-0.25, -0.2) is 4.98 Å². The van der Waals surface area contributed by atoms with E-state index in [2.05, 4.69) is 20.6 Å². The number of halogens is 1. The molecule has 33 heavy (non-hydrogen) atoms. The predicted molar refractivity (Wildman–Crippen MR) is 131 cm³/mol. The number of ketones is 1. The Kier molecular flexibility index (Phi) is 6.07. The van der Waals surface area contributed by atoms with Crippen LogP contribution in [0.25, 0.3) is 11.0 Å². The van der Waals surface area contributed by atoms with Crippen molar-refractivity contribution in [2.75, 3.05) is 17.7 Å². The summed E-state index contributed by atoms with van der Waals surface area (Å²) < 4.78 is 5.81. The average molecular weight is 463 g/mol.